The molecule has 0 aliphatic rings. The summed E-state index contributed by atoms with van der Waals surface area (Å²) < 4.78 is 17.8. The van der Waals surface area contributed by atoms with E-state index in [9.17, 15) is 0 Å². The second-order valence-electron chi connectivity index (χ2n) is 6.35. The minimum atomic E-state index is 0.0442. The fraction of sp³-hybridized carbons (Fsp3) is 0.391. The monoisotopic (exact) mass is 496 g/mol. The van der Waals surface area contributed by atoms with Gasteiger partial charge in [0, 0.05) is 6.61 Å². The van der Waals surface area contributed by atoms with Gasteiger partial charge in [0.25, 0.3) is 0 Å². The fourth-order valence-electron chi connectivity index (χ4n) is 2.59. The van der Waals surface area contributed by atoms with Crippen LogP contribution in [0.2, 0.25) is 0 Å². The topological polar surface area (TPSA) is 30.9 Å². The van der Waals surface area contributed by atoms with Gasteiger partial charge < -0.3 is 9.47 Å². The van der Waals surface area contributed by atoms with Gasteiger partial charge in [0.05, 0.1) is 13.2 Å². The van der Waals surface area contributed by atoms with E-state index in [0.29, 0.717) is 26.4 Å². The number of anilines is 1. The number of rotatable bonds is 12. The zero-order chi connectivity index (χ0) is 20.2. The summed E-state index contributed by atoms with van der Waals surface area (Å²) in [5.74, 6) is 0.860. The predicted molar refractivity (Wildman–Crippen MR) is 114 cm³/mol. The van der Waals surface area contributed by atoms with Crippen LogP contribution in [0.1, 0.15) is 18.1 Å². The molecule has 0 N–H and O–H groups in total. The number of halogens is 1. The van der Waals surface area contributed by atoms with Gasteiger partial charge in [-0.3, -0.25) is 0 Å². The van der Waals surface area contributed by atoms with Crippen LogP contribution in [0.25, 0.3) is 12.2 Å². The first-order valence-corrected chi connectivity index (χ1v) is 12.7. The number of hydrogen-bond acceptors (Lipinski definition) is 4. The Morgan fingerprint density at radius 1 is 0.857 bits per heavy atom. The van der Waals surface area contributed by atoms with Crippen molar-refractivity contribution in [1.82, 2.24) is 0 Å². The molecule has 0 atom stereocenters. The molecule has 0 spiro atoms. The molecule has 28 heavy (non-hydrogen) atoms. The molecule has 2 rings (SSSR count). The summed E-state index contributed by atoms with van der Waals surface area (Å²) in [7, 11) is 4.20. The molecule has 154 valence electrons. The number of alkyl halides is 1. The minimum absolute atomic E-state index is 0.0442. The Morgan fingerprint density at radius 2 is 1.50 bits per heavy atom. The van der Waals surface area contributed by atoms with Crippen molar-refractivity contribution in [1.29, 1.82) is 0 Å². The molecule has 0 aliphatic heterocycles. The van der Waals surface area contributed by atoms with Crippen molar-refractivity contribution in [2.45, 2.75) is 6.92 Å². The van der Waals surface area contributed by atoms with Crippen LogP contribution in [0.5, 0.6) is 5.75 Å². The molecule has 0 amide bonds. The van der Waals surface area contributed by atoms with E-state index in [1.54, 1.807) is 0 Å². The van der Waals surface area contributed by atoms with E-state index < -0.39 is 0 Å². The van der Waals surface area contributed by atoms with Crippen LogP contribution in [-0.4, -0.2) is 52.1 Å². The summed E-state index contributed by atoms with van der Waals surface area (Å²) in [5.41, 5.74) is 3.73. The van der Waals surface area contributed by atoms with Gasteiger partial charge in [0.15, 0.2) is 0 Å². The van der Waals surface area contributed by atoms with Crippen molar-refractivity contribution in [2.24, 2.45) is 0 Å². The normalized spacial score (nSPS) is 11.3. The van der Waals surface area contributed by atoms with Crippen molar-refractivity contribution in [3.05, 3.63) is 57.2 Å². The Kier molecular flexibility index (Phi) is 10.4. The van der Waals surface area contributed by atoms with E-state index >= 15 is 0 Å². The van der Waals surface area contributed by atoms with Gasteiger partial charge in [0.1, 0.15) is 0 Å². The van der Waals surface area contributed by atoms with Crippen molar-refractivity contribution in [2.75, 3.05) is 57.0 Å². The average molecular weight is 496 g/mol. The second kappa shape index (κ2) is 12.8. The molecule has 2 aromatic rings. The van der Waals surface area contributed by atoms with Gasteiger partial charge in [-0.15, -0.1) is 0 Å². The molecule has 0 heterocycles. The third-order valence-corrected chi connectivity index (χ3v) is 6.10. The van der Waals surface area contributed by atoms with Crippen molar-refractivity contribution >= 4 is 17.8 Å². The molecule has 0 fully saturated rings. The molecule has 0 aromatic heterocycles. The van der Waals surface area contributed by atoms with Crippen molar-refractivity contribution in [3.63, 3.8) is 0 Å². The van der Waals surface area contributed by atoms with E-state index in [4.69, 9.17) is 14.2 Å². The molecular weight excluding hydrogens is 465 g/mol. The van der Waals surface area contributed by atoms with E-state index in [1.807, 2.05) is 19.1 Å². The number of benzene rings is 2. The number of hydrogen-bond donors (Lipinski definition) is 0. The zero-order valence-corrected chi connectivity index (χ0v) is 19.4. The Labute approximate surface area is 179 Å². The van der Waals surface area contributed by atoms with Crippen LogP contribution >= 0.6 is 0 Å². The standard InChI is InChI=1S/C23H31INO3/c1-5-26-14-15-27-16-17-28-21-11-8-19(9-12-21)6-7-20-10-13-23(25(3)4)22(18-20)24-2/h6-13,18H,5,14-17H2,1-4H3/q-1/b7-6+. The zero-order valence-electron chi connectivity index (χ0n) is 17.3. The summed E-state index contributed by atoms with van der Waals surface area (Å²) in [4.78, 5) is 4.49. The first-order chi connectivity index (χ1) is 13.6. The Bertz CT molecular complexity index is 729. The van der Waals surface area contributed by atoms with Crippen molar-refractivity contribution in [3.8, 4) is 5.75 Å². The summed E-state index contributed by atoms with van der Waals surface area (Å²) in [5, 5.41) is 0. The first kappa shape index (κ1) is 22.7. The molecule has 0 aliphatic carbocycles. The predicted octanol–water partition coefficient (Wildman–Crippen LogP) is 1.24. The van der Waals surface area contributed by atoms with Crippen LogP contribution in [0.3, 0.4) is 0 Å². The molecule has 0 unspecified atom stereocenters. The van der Waals surface area contributed by atoms with Gasteiger partial charge in [-0.25, -0.2) is 0 Å². The summed E-state index contributed by atoms with van der Waals surface area (Å²) in [6, 6.07) is 14.8. The first-order valence-electron chi connectivity index (χ1n) is 9.51. The van der Waals surface area contributed by atoms with Crippen LogP contribution in [0.15, 0.2) is 42.5 Å². The van der Waals surface area contributed by atoms with E-state index in [1.165, 1.54) is 14.8 Å². The Morgan fingerprint density at radius 3 is 2.18 bits per heavy atom. The second-order valence-corrected chi connectivity index (χ2v) is 8.60. The van der Waals surface area contributed by atoms with Crippen molar-refractivity contribution < 1.29 is 35.4 Å². The fourth-order valence-corrected chi connectivity index (χ4v) is 4.48. The summed E-state index contributed by atoms with van der Waals surface area (Å²) in [6.07, 6.45) is 4.31. The van der Waals surface area contributed by atoms with Gasteiger partial charge in [-0.1, -0.05) is 0 Å². The third-order valence-electron chi connectivity index (χ3n) is 4.08. The summed E-state index contributed by atoms with van der Waals surface area (Å²) in [6.45, 7) is 5.06. The Hall–Kier alpha value is -1.57. The van der Waals surface area contributed by atoms with Crippen LogP contribution in [0.4, 0.5) is 5.69 Å². The molecule has 0 bridgehead atoms. The van der Waals surface area contributed by atoms with Gasteiger partial charge >= 0.3 is 144 Å². The molecule has 0 radical (unpaired) electrons. The van der Waals surface area contributed by atoms with Gasteiger partial charge in [-0.05, 0) is 6.92 Å². The molecule has 5 heteroatoms. The van der Waals surface area contributed by atoms with Crippen LogP contribution in [0, 0.1) is 3.57 Å². The summed E-state index contributed by atoms with van der Waals surface area (Å²) >= 11 is 0.0442. The van der Waals surface area contributed by atoms with Gasteiger partial charge in [0.2, 0.25) is 0 Å². The van der Waals surface area contributed by atoms with E-state index in [0.717, 1.165) is 17.9 Å². The van der Waals surface area contributed by atoms with Crippen LogP contribution in [-0.2, 0) is 9.47 Å². The maximum atomic E-state index is 5.71. The molecule has 4 nitrogen and oxygen atoms in total. The van der Waals surface area contributed by atoms with E-state index in [-0.39, 0.29) is 21.2 Å². The Balaban J connectivity index is 1.83. The maximum absolute atomic E-state index is 5.71. The SMILES string of the molecule is CCOCCOCCOc1ccc(/C=C/c2ccc(N(C)C)c([I-]C)c2)cc1. The third kappa shape index (κ3) is 7.81. The number of nitrogens with zero attached hydrogens (tertiary/aromatic N) is 1. The molecule has 2 aromatic carbocycles. The van der Waals surface area contributed by atoms with E-state index in [2.05, 4.69) is 66.4 Å². The molecule has 0 saturated heterocycles. The molecule has 0 saturated carbocycles. The quantitative estimate of drug-likeness (QED) is 0.192. The molecular formula is C23H31INO3-. The van der Waals surface area contributed by atoms with Gasteiger partial charge in [-0.2, -0.15) is 0 Å². The number of ether oxygens (including phenoxy) is 3. The van der Waals surface area contributed by atoms with Crippen LogP contribution < -0.4 is 30.8 Å². The average Bonchev–Trinajstić information content (AvgIpc) is 2.72.